The highest BCUT2D eigenvalue weighted by atomic mass is 15.2. The van der Waals surface area contributed by atoms with E-state index < -0.39 is 0 Å². The third-order valence-electron chi connectivity index (χ3n) is 5.27. The number of hydrogen-bond donors (Lipinski definition) is 1. The molecule has 3 heteroatoms. The molecule has 2 aliphatic heterocycles. The van der Waals surface area contributed by atoms with E-state index in [1.165, 1.54) is 71.5 Å². The van der Waals surface area contributed by atoms with E-state index in [4.69, 9.17) is 0 Å². The first-order chi connectivity index (χ1) is 9.13. The largest absolute Gasteiger partial charge is 0.316 e. The Balaban J connectivity index is 1.39. The second-order valence-corrected chi connectivity index (χ2v) is 7.79. The molecule has 3 rings (SSSR count). The van der Waals surface area contributed by atoms with Crippen LogP contribution in [-0.4, -0.2) is 62.7 Å². The molecule has 0 aromatic heterocycles. The van der Waals surface area contributed by atoms with Gasteiger partial charge in [-0.1, -0.05) is 6.92 Å². The SMILES string of the molecule is CN(CC1CC1)CC1CCN(CC2(C)CCNC2)C1. The van der Waals surface area contributed by atoms with Crippen LogP contribution in [0.15, 0.2) is 0 Å². The summed E-state index contributed by atoms with van der Waals surface area (Å²) >= 11 is 0. The van der Waals surface area contributed by atoms with Crippen molar-refractivity contribution in [1.29, 1.82) is 0 Å². The van der Waals surface area contributed by atoms with Gasteiger partial charge < -0.3 is 15.1 Å². The Bertz CT molecular complexity index is 294. The van der Waals surface area contributed by atoms with Crippen molar-refractivity contribution in [1.82, 2.24) is 15.1 Å². The summed E-state index contributed by atoms with van der Waals surface area (Å²) in [6.07, 6.45) is 5.73. The highest BCUT2D eigenvalue weighted by Crippen LogP contribution is 2.31. The van der Waals surface area contributed by atoms with E-state index in [2.05, 4.69) is 29.1 Å². The molecular weight excluding hydrogens is 234 g/mol. The number of likely N-dealkylation sites (tertiary alicyclic amines) is 1. The maximum atomic E-state index is 3.52. The van der Waals surface area contributed by atoms with Crippen LogP contribution in [0.3, 0.4) is 0 Å². The summed E-state index contributed by atoms with van der Waals surface area (Å²) in [5.41, 5.74) is 0.537. The maximum absolute atomic E-state index is 3.52. The van der Waals surface area contributed by atoms with E-state index >= 15 is 0 Å². The Kier molecular flexibility index (Phi) is 4.16. The van der Waals surface area contributed by atoms with E-state index in [1.807, 2.05) is 0 Å². The van der Waals surface area contributed by atoms with Crippen LogP contribution in [0.4, 0.5) is 0 Å². The molecule has 3 aliphatic rings. The highest BCUT2D eigenvalue weighted by molar-refractivity contribution is 4.89. The van der Waals surface area contributed by atoms with Gasteiger partial charge in [-0.15, -0.1) is 0 Å². The lowest BCUT2D eigenvalue weighted by atomic mass is 9.89. The molecule has 0 aromatic carbocycles. The van der Waals surface area contributed by atoms with Gasteiger partial charge in [-0.3, -0.25) is 0 Å². The first-order valence-corrected chi connectivity index (χ1v) is 8.25. The Hall–Kier alpha value is -0.120. The van der Waals surface area contributed by atoms with Gasteiger partial charge in [-0.05, 0) is 63.1 Å². The Labute approximate surface area is 118 Å². The third-order valence-corrected chi connectivity index (χ3v) is 5.27. The zero-order valence-electron chi connectivity index (χ0n) is 12.8. The average Bonchev–Trinajstić information content (AvgIpc) is 2.88. The van der Waals surface area contributed by atoms with Crippen molar-refractivity contribution in [3.8, 4) is 0 Å². The fourth-order valence-corrected chi connectivity index (χ4v) is 4.01. The number of rotatable bonds is 6. The molecule has 0 aromatic rings. The normalized spacial score (nSPS) is 36.5. The highest BCUT2D eigenvalue weighted by Gasteiger charge is 2.34. The lowest BCUT2D eigenvalue weighted by Crippen LogP contribution is -2.37. The molecule has 2 saturated heterocycles. The first-order valence-electron chi connectivity index (χ1n) is 8.25. The van der Waals surface area contributed by atoms with Crippen LogP contribution >= 0.6 is 0 Å². The second-order valence-electron chi connectivity index (χ2n) is 7.79. The van der Waals surface area contributed by atoms with E-state index in [0.29, 0.717) is 5.41 Å². The second kappa shape index (κ2) is 5.71. The van der Waals surface area contributed by atoms with E-state index in [9.17, 15) is 0 Å². The molecule has 0 bridgehead atoms. The van der Waals surface area contributed by atoms with Crippen LogP contribution in [0.25, 0.3) is 0 Å². The molecule has 1 aliphatic carbocycles. The molecule has 0 radical (unpaired) electrons. The van der Waals surface area contributed by atoms with Gasteiger partial charge in [0.15, 0.2) is 0 Å². The molecule has 3 nitrogen and oxygen atoms in total. The van der Waals surface area contributed by atoms with E-state index in [1.54, 1.807) is 0 Å². The zero-order valence-corrected chi connectivity index (χ0v) is 12.8. The van der Waals surface area contributed by atoms with Crippen molar-refractivity contribution in [2.45, 2.75) is 32.6 Å². The van der Waals surface area contributed by atoms with Crippen molar-refractivity contribution >= 4 is 0 Å². The van der Waals surface area contributed by atoms with E-state index in [-0.39, 0.29) is 0 Å². The fourth-order valence-electron chi connectivity index (χ4n) is 4.01. The average molecular weight is 265 g/mol. The number of nitrogens with one attached hydrogen (secondary N) is 1. The van der Waals surface area contributed by atoms with Crippen LogP contribution in [0.1, 0.15) is 32.6 Å². The zero-order chi connectivity index (χ0) is 13.3. The van der Waals surface area contributed by atoms with Crippen LogP contribution in [-0.2, 0) is 0 Å². The predicted molar refractivity (Wildman–Crippen MR) is 80.4 cm³/mol. The molecule has 110 valence electrons. The Morgan fingerprint density at radius 1 is 1.21 bits per heavy atom. The summed E-state index contributed by atoms with van der Waals surface area (Å²) in [7, 11) is 2.32. The van der Waals surface area contributed by atoms with Crippen molar-refractivity contribution in [3.63, 3.8) is 0 Å². The summed E-state index contributed by atoms with van der Waals surface area (Å²) in [5, 5.41) is 3.52. The van der Waals surface area contributed by atoms with Gasteiger partial charge >= 0.3 is 0 Å². The molecule has 19 heavy (non-hydrogen) atoms. The lowest BCUT2D eigenvalue weighted by Gasteiger charge is -2.29. The van der Waals surface area contributed by atoms with Crippen molar-refractivity contribution in [2.75, 3.05) is 52.9 Å². The van der Waals surface area contributed by atoms with Gasteiger partial charge in [0.05, 0.1) is 0 Å². The van der Waals surface area contributed by atoms with Crippen LogP contribution < -0.4 is 5.32 Å². The molecule has 2 atom stereocenters. The van der Waals surface area contributed by atoms with Gasteiger partial charge in [0, 0.05) is 32.7 Å². The van der Waals surface area contributed by atoms with E-state index in [0.717, 1.165) is 11.8 Å². The van der Waals surface area contributed by atoms with Gasteiger partial charge in [-0.2, -0.15) is 0 Å². The van der Waals surface area contributed by atoms with Crippen LogP contribution in [0.2, 0.25) is 0 Å². The molecule has 0 amide bonds. The summed E-state index contributed by atoms with van der Waals surface area (Å²) in [6, 6.07) is 0. The van der Waals surface area contributed by atoms with Crippen molar-refractivity contribution < 1.29 is 0 Å². The van der Waals surface area contributed by atoms with Gasteiger partial charge in [-0.25, -0.2) is 0 Å². The summed E-state index contributed by atoms with van der Waals surface area (Å²) in [6.45, 7) is 11.5. The summed E-state index contributed by atoms with van der Waals surface area (Å²) < 4.78 is 0. The lowest BCUT2D eigenvalue weighted by molar-refractivity contribution is 0.195. The maximum Gasteiger partial charge on any atom is 0.00481 e. The predicted octanol–water partition coefficient (Wildman–Crippen LogP) is 1.65. The van der Waals surface area contributed by atoms with Gasteiger partial charge in [0.1, 0.15) is 0 Å². The third kappa shape index (κ3) is 3.93. The first kappa shape index (κ1) is 13.8. The molecule has 3 fully saturated rings. The molecule has 1 saturated carbocycles. The molecule has 2 heterocycles. The number of nitrogens with zero attached hydrogens (tertiary/aromatic N) is 2. The minimum absolute atomic E-state index is 0.537. The minimum Gasteiger partial charge on any atom is -0.316 e. The fraction of sp³-hybridized carbons (Fsp3) is 1.00. The van der Waals surface area contributed by atoms with Crippen molar-refractivity contribution in [2.24, 2.45) is 17.3 Å². The molecule has 1 N–H and O–H groups in total. The summed E-state index contributed by atoms with van der Waals surface area (Å²) in [4.78, 5) is 5.31. The molecule has 2 unspecified atom stereocenters. The molecule has 0 spiro atoms. The summed E-state index contributed by atoms with van der Waals surface area (Å²) in [5.74, 6) is 1.95. The van der Waals surface area contributed by atoms with Crippen LogP contribution in [0.5, 0.6) is 0 Å². The van der Waals surface area contributed by atoms with Crippen LogP contribution in [0, 0.1) is 17.3 Å². The quantitative estimate of drug-likeness (QED) is 0.788. The molecular formula is C16H31N3. The van der Waals surface area contributed by atoms with Crippen molar-refractivity contribution in [3.05, 3.63) is 0 Å². The standard InChI is InChI=1S/C16H31N3/c1-16(6-7-17-12-16)13-19-8-5-15(11-19)10-18(2)9-14-3-4-14/h14-15,17H,3-13H2,1-2H3. The minimum atomic E-state index is 0.537. The van der Waals surface area contributed by atoms with Gasteiger partial charge in [0.25, 0.3) is 0 Å². The Morgan fingerprint density at radius 3 is 2.68 bits per heavy atom. The Morgan fingerprint density at radius 2 is 2.00 bits per heavy atom. The monoisotopic (exact) mass is 265 g/mol. The smallest absolute Gasteiger partial charge is 0.00481 e. The topological polar surface area (TPSA) is 18.5 Å². The van der Waals surface area contributed by atoms with Gasteiger partial charge in [0.2, 0.25) is 0 Å². The number of hydrogen-bond acceptors (Lipinski definition) is 3.